The van der Waals surface area contributed by atoms with Crippen LogP contribution in [0.3, 0.4) is 0 Å². The van der Waals surface area contributed by atoms with Crippen LogP contribution in [0.25, 0.3) is 10.2 Å². The summed E-state index contributed by atoms with van der Waals surface area (Å²) in [7, 11) is -1.82. The molecule has 0 bridgehead atoms. The van der Waals surface area contributed by atoms with E-state index < -0.39 is 10.0 Å². The van der Waals surface area contributed by atoms with Gasteiger partial charge in [-0.25, -0.2) is 13.4 Å². The predicted molar refractivity (Wildman–Crippen MR) is 114 cm³/mol. The Labute approximate surface area is 174 Å². The highest BCUT2D eigenvalue weighted by Crippen LogP contribution is 2.26. The van der Waals surface area contributed by atoms with Gasteiger partial charge in [-0.05, 0) is 37.1 Å². The van der Waals surface area contributed by atoms with E-state index in [-0.39, 0.29) is 23.3 Å². The van der Waals surface area contributed by atoms with Crippen molar-refractivity contribution in [3.8, 4) is 0 Å². The number of benzene rings is 2. The van der Waals surface area contributed by atoms with Gasteiger partial charge in [-0.15, -0.1) is 11.3 Å². The number of hydrogen-bond acceptors (Lipinski definition) is 5. The molecule has 6 nitrogen and oxygen atoms in total. The molecule has 0 saturated carbocycles. The highest BCUT2D eigenvalue weighted by Gasteiger charge is 2.34. The standard InChI is InChI=1S/C21H23N3O3S2/c1-23(15-20-22-18-11-5-6-12-19(18)28-20)21(25)16-8-7-13-24(14-16)29(26,27)17-9-3-2-4-10-17/h2-6,9-12,16H,7-8,13-15H2,1H3. The lowest BCUT2D eigenvalue weighted by Crippen LogP contribution is -2.45. The SMILES string of the molecule is CN(Cc1nc2ccccc2s1)C(=O)C1CCCN(S(=O)(=O)c2ccccc2)C1. The van der Waals surface area contributed by atoms with Crippen molar-refractivity contribution < 1.29 is 13.2 Å². The molecule has 0 radical (unpaired) electrons. The third-order valence-corrected chi connectivity index (χ3v) is 8.10. The lowest BCUT2D eigenvalue weighted by Gasteiger charge is -2.33. The van der Waals surface area contributed by atoms with Crippen molar-refractivity contribution in [3.05, 3.63) is 59.6 Å². The molecular formula is C21H23N3O3S2. The Morgan fingerprint density at radius 3 is 2.66 bits per heavy atom. The average molecular weight is 430 g/mol. The minimum absolute atomic E-state index is 0.0304. The molecule has 0 spiro atoms. The molecule has 8 heteroatoms. The molecule has 0 N–H and O–H groups in total. The van der Waals surface area contributed by atoms with Crippen molar-refractivity contribution in [1.29, 1.82) is 0 Å². The van der Waals surface area contributed by atoms with E-state index in [1.807, 2.05) is 24.3 Å². The van der Waals surface area contributed by atoms with Crippen LogP contribution in [0.5, 0.6) is 0 Å². The van der Waals surface area contributed by atoms with E-state index in [1.165, 1.54) is 4.31 Å². The summed E-state index contributed by atoms with van der Waals surface area (Å²) < 4.78 is 28.4. The van der Waals surface area contributed by atoms with Crippen LogP contribution in [0.1, 0.15) is 17.8 Å². The smallest absolute Gasteiger partial charge is 0.243 e. The highest BCUT2D eigenvalue weighted by molar-refractivity contribution is 7.89. The second kappa shape index (κ2) is 8.22. The van der Waals surface area contributed by atoms with Gasteiger partial charge in [0.25, 0.3) is 0 Å². The molecule has 1 amide bonds. The van der Waals surface area contributed by atoms with E-state index >= 15 is 0 Å². The van der Waals surface area contributed by atoms with Crippen molar-refractivity contribution in [2.45, 2.75) is 24.3 Å². The van der Waals surface area contributed by atoms with Crippen molar-refractivity contribution in [2.75, 3.05) is 20.1 Å². The zero-order chi connectivity index (χ0) is 20.4. The molecule has 3 aromatic rings. The number of amides is 1. The molecule has 0 aliphatic carbocycles. The van der Waals surface area contributed by atoms with Gasteiger partial charge in [-0.3, -0.25) is 4.79 Å². The first-order valence-electron chi connectivity index (χ1n) is 9.60. The molecule has 1 aromatic heterocycles. The first-order valence-corrected chi connectivity index (χ1v) is 11.9. The number of rotatable bonds is 5. The number of carbonyl (C=O) groups excluding carboxylic acids is 1. The van der Waals surface area contributed by atoms with Crippen molar-refractivity contribution >= 4 is 37.5 Å². The highest BCUT2D eigenvalue weighted by atomic mass is 32.2. The maximum Gasteiger partial charge on any atom is 0.243 e. The molecule has 1 aliphatic heterocycles. The van der Waals surface area contributed by atoms with Crippen LogP contribution in [0.4, 0.5) is 0 Å². The molecule has 1 saturated heterocycles. The summed E-state index contributed by atoms with van der Waals surface area (Å²) in [5, 5.41) is 0.881. The van der Waals surface area contributed by atoms with Gasteiger partial charge in [-0.2, -0.15) is 4.31 Å². The van der Waals surface area contributed by atoms with E-state index in [4.69, 9.17) is 0 Å². The number of fused-ring (bicyclic) bond motifs is 1. The molecule has 2 aromatic carbocycles. The lowest BCUT2D eigenvalue weighted by atomic mass is 9.98. The summed E-state index contributed by atoms with van der Waals surface area (Å²) in [6, 6.07) is 16.3. The minimum atomic E-state index is -3.58. The monoisotopic (exact) mass is 429 g/mol. The van der Waals surface area contributed by atoms with E-state index in [0.29, 0.717) is 25.9 Å². The average Bonchev–Trinajstić information content (AvgIpc) is 3.16. The molecule has 152 valence electrons. The fourth-order valence-corrected chi connectivity index (χ4v) is 6.25. The quantitative estimate of drug-likeness (QED) is 0.624. The molecule has 1 atom stereocenters. The number of sulfonamides is 1. The largest absolute Gasteiger partial charge is 0.339 e. The summed E-state index contributed by atoms with van der Waals surface area (Å²) in [4.78, 5) is 19.5. The van der Waals surface area contributed by atoms with Crippen LogP contribution in [-0.4, -0.2) is 48.7 Å². The predicted octanol–water partition coefficient (Wildman–Crippen LogP) is 3.36. The molecule has 2 heterocycles. The Hall–Kier alpha value is -2.29. The van der Waals surface area contributed by atoms with Gasteiger partial charge in [0.15, 0.2) is 0 Å². The Morgan fingerprint density at radius 2 is 1.90 bits per heavy atom. The molecular weight excluding hydrogens is 406 g/mol. The molecule has 4 rings (SSSR count). The molecule has 29 heavy (non-hydrogen) atoms. The fourth-order valence-electron chi connectivity index (χ4n) is 3.68. The number of nitrogens with zero attached hydrogens (tertiary/aromatic N) is 3. The van der Waals surface area contributed by atoms with Crippen LogP contribution in [0.2, 0.25) is 0 Å². The third-order valence-electron chi connectivity index (χ3n) is 5.20. The van der Waals surface area contributed by atoms with Crippen LogP contribution in [-0.2, 0) is 21.4 Å². The summed E-state index contributed by atoms with van der Waals surface area (Å²) in [6.07, 6.45) is 1.38. The second-order valence-electron chi connectivity index (χ2n) is 7.28. The third kappa shape index (κ3) is 4.19. The van der Waals surface area contributed by atoms with Crippen molar-refractivity contribution in [3.63, 3.8) is 0 Å². The van der Waals surface area contributed by atoms with E-state index in [2.05, 4.69) is 4.98 Å². The summed E-state index contributed by atoms with van der Waals surface area (Å²) >= 11 is 1.58. The maximum absolute atomic E-state index is 13.0. The Bertz CT molecular complexity index is 1080. The van der Waals surface area contributed by atoms with Gasteiger partial charge in [0.2, 0.25) is 15.9 Å². The van der Waals surface area contributed by atoms with E-state index in [0.717, 1.165) is 15.2 Å². The van der Waals surface area contributed by atoms with Crippen LogP contribution in [0.15, 0.2) is 59.5 Å². The Kier molecular flexibility index (Phi) is 5.67. The van der Waals surface area contributed by atoms with Crippen LogP contribution < -0.4 is 0 Å². The first-order chi connectivity index (χ1) is 13.9. The number of hydrogen-bond donors (Lipinski definition) is 0. The van der Waals surface area contributed by atoms with Gasteiger partial charge in [0.1, 0.15) is 5.01 Å². The van der Waals surface area contributed by atoms with Gasteiger partial charge >= 0.3 is 0 Å². The van der Waals surface area contributed by atoms with Gasteiger partial charge in [-0.1, -0.05) is 30.3 Å². The second-order valence-corrected chi connectivity index (χ2v) is 10.3. The summed E-state index contributed by atoms with van der Waals surface area (Å²) in [5.41, 5.74) is 0.936. The maximum atomic E-state index is 13.0. The van der Waals surface area contributed by atoms with Crippen LogP contribution >= 0.6 is 11.3 Å². The number of thiazole rings is 1. The molecule has 1 unspecified atom stereocenters. The van der Waals surface area contributed by atoms with E-state index in [9.17, 15) is 13.2 Å². The molecule has 1 fully saturated rings. The van der Waals surface area contributed by atoms with Gasteiger partial charge in [0.05, 0.1) is 27.6 Å². The number of aromatic nitrogens is 1. The van der Waals surface area contributed by atoms with Crippen LogP contribution in [0, 0.1) is 5.92 Å². The number of para-hydroxylation sites is 1. The van der Waals surface area contributed by atoms with Gasteiger partial charge in [0, 0.05) is 20.1 Å². The van der Waals surface area contributed by atoms with Crippen molar-refractivity contribution in [1.82, 2.24) is 14.2 Å². The normalized spacial score (nSPS) is 18.0. The first kappa shape index (κ1) is 20.0. The minimum Gasteiger partial charge on any atom is -0.339 e. The zero-order valence-electron chi connectivity index (χ0n) is 16.2. The Balaban J connectivity index is 1.45. The number of carbonyl (C=O) groups is 1. The van der Waals surface area contributed by atoms with E-state index in [1.54, 1.807) is 53.6 Å². The number of piperidine rings is 1. The fraction of sp³-hybridized carbons (Fsp3) is 0.333. The lowest BCUT2D eigenvalue weighted by molar-refractivity contribution is -0.135. The summed E-state index contributed by atoms with van der Waals surface area (Å²) in [5.74, 6) is -0.362. The van der Waals surface area contributed by atoms with Gasteiger partial charge < -0.3 is 4.90 Å². The topological polar surface area (TPSA) is 70.6 Å². The Morgan fingerprint density at radius 1 is 1.17 bits per heavy atom. The molecule has 1 aliphatic rings. The summed E-state index contributed by atoms with van der Waals surface area (Å²) in [6.45, 7) is 1.10. The van der Waals surface area contributed by atoms with Crippen molar-refractivity contribution in [2.24, 2.45) is 5.92 Å². The zero-order valence-corrected chi connectivity index (χ0v) is 17.8.